The maximum absolute atomic E-state index is 12.8. The molecule has 6 heteroatoms. The Labute approximate surface area is 414 Å². The average molecular weight is 933 g/mol. The highest BCUT2D eigenvalue weighted by atomic mass is 16.6. The fourth-order valence-corrected chi connectivity index (χ4v) is 7.73. The van der Waals surface area contributed by atoms with Crippen LogP contribution in [0.4, 0.5) is 0 Å². The van der Waals surface area contributed by atoms with E-state index >= 15 is 0 Å². The summed E-state index contributed by atoms with van der Waals surface area (Å²) in [7, 11) is 0. The molecule has 67 heavy (non-hydrogen) atoms. The van der Waals surface area contributed by atoms with Crippen LogP contribution in [0.2, 0.25) is 0 Å². The molecule has 384 valence electrons. The molecule has 0 heterocycles. The van der Waals surface area contributed by atoms with Crippen molar-refractivity contribution < 1.29 is 28.6 Å². The third-order valence-corrected chi connectivity index (χ3v) is 11.9. The Bertz CT molecular complexity index is 1300. The minimum Gasteiger partial charge on any atom is -0.462 e. The molecule has 0 aliphatic carbocycles. The zero-order chi connectivity index (χ0) is 48.6. The molecule has 0 aromatic carbocycles. The first kappa shape index (κ1) is 63.6. The summed E-state index contributed by atoms with van der Waals surface area (Å²) in [5.74, 6) is -1.06. The number of esters is 3. The molecule has 0 radical (unpaired) electrons. The topological polar surface area (TPSA) is 78.9 Å². The van der Waals surface area contributed by atoms with Crippen molar-refractivity contribution in [3.8, 4) is 0 Å². The second kappa shape index (κ2) is 55.2. The van der Waals surface area contributed by atoms with Crippen LogP contribution in [-0.4, -0.2) is 37.2 Å². The number of unbranched alkanes of at least 4 members (excludes halogenated alkanes) is 26. The van der Waals surface area contributed by atoms with Gasteiger partial charge in [-0.3, -0.25) is 14.4 Å². The Morgan fingerprint density at radius 1 is 0.328 bits per heavy atom. The third-order valence-electron chi connectivity index (χ3n) is 11.9. The van der Waals surface area contributed by atoms with Crippen molar-refractivity contribution in [3.05, 3.63) is 85.1 Å². The number of carbonyl (C=O) groups excluding carboxylic acids is 3. The van der Waals surface area contributed by atoms with Crippen LogP contribution in [0.5, 0.6) is 0 Å². The molecule has 0 saturated heterocycles. The van der Waals surface area contributed by atoms with E-state index in [1.54, 1.807) is 6.08 Å². The lowest BCUT2D eigenvalue weighted by atomic mass is 10.0. The molecule has 1 atom stereocenters. The highest BCUT2D eigenvalue weighted by Gasteiger charge is 2.19. The van der Waals surface area contributed by atoms with Gasteiger partial charge in [0.25, 0.3) is 0 Å². The third kappa shape index (κ3) is 53.4. The summed E-state index contributed by atoms with van der Waals surface area (Å²) in [6.45, 7) is 6.42. The summed E-state index contributed by atoms with van der Waals surface area (Å²) in [6.07, 6.45) is 71.7. The van der Waals surface area contributed by atoms with Crippen LogP contribution in [0.3, 0.4) is 0 Å². The Morgan fingerprint density at radius 2 is 0.627 bits per heavy atom. The van der Waals surface area contributed by atoms with E-state index in [0.717, 1.165) is 96.3 Å². The van der Waals surface area contributed by atoms with Crippen molar-refractivity contribution in [3.63, 3.8) is 0 Å². The van der Waals surface area contributed by atoms with Crippen molar-refractivity contribution in [2.75, 3.05) is 13.2 Å². The van der Waals surface area contributed by atoms with Gasteiger partial charge in [-0.25, -0.2) is 0 Å². The Morgan fingerprint density at radius 3 is 1.01 bits per heavy atom. The maximum Gasteiger partial charge on any atom is 0.310 e. The fraction of sp³-hybridized carbons (Fsp3) is 0.721. The van der Waals surface area contributed by atoms with Gasteiger partial charge in [-0.2, -0.15) is 0 Å². The first-order valence-corrected chi connectivity index (χ1v) is 28.1. The number of allylic oxidation sites excluding steroid dienone is 13. The lowest BCUT2D eigenvalue weighted by Gasteiger charge is -2.18. The van der Waals surface area contributed by atoms with Crippen molar-refractivity contribution in [1.29, 1.82) is 0 Å². The molecule has 6 nitrogen and oxygen atoms in total. The van der Waals surface area contributed by atoms with Crippen LogP contribution < -0.4 is 0 Å². The number of carbonyl (C=O) groups is 3. The van der Waals surface area contributed by atoms with E-state index in [2.05, 4.69) is 93.7 Å². The molecule has 0 spiro atoms. The van der Waals surface area contributed by atoms with Gasteiger partial charge >= 0.3 is 17.9 Å². The molecular formula is C61H104O6. The summed E-state index contributed by atoms with van der Waals surface area (Å²) in [5, 5.41) is 0. The van der Waals surface area contributed by atoms with Crippen LogP contribution in [0.15, 0.2) is 85.1 Å². The fourth-order valence-electron chi connectivity index (χ4n) is 7.73. The van der Waals surface area contributed by atoms with Gasteiger partial charge < -0.3 is 14.2 Å². The van der Waals surface area contributed by atoms with Crippen molar-refractivity contribution in [2.45, 2.75) is 271 Å². The van der Waals surface area contributed by atoms with Crippen LogP contribution in [0, 0.1) is 0 Å². The van der Waals surface area contributed by atoms with Crippen LogP contribution in [-0.2, 0) is 28.6 Å². The molecule has 0 saturated carbocycles. The molecule has 0 aromatic heterocycles. The first-order valence-electron chi connectivity index (χ1n) is 28.1. The van der Waals surface area contributed by atoms with E-state index in [4.69, 9.17) is 14.2 Å². The van der Waals surface area contributed by atoms with Crippen molar-refractivity contribution in [2.24, 2.45) is 0 Å². The van der Waals surface area contributed by atoms with Crippen LogP contribution in [0.1, 0.15) is 265 Å². The summed E-state index contributed by atoms with van der Waals surface area (Å²) in [6, 6.07) is 0. The maximum atomic E-state index is 12.8. The molecule has 1 unspecified atom stereocenters. The van der Waals surface area contributed by atoms with Crippen molar-refractivity contribution >= 4 is 17.9 Å². The molecular weight excluding hydrogens is 829 g/mol. The van der Waals surface area contributed by atoms with E-state index in [1.807, 2.05) is 6.08 Å². The zero-order valence-electron chi connectivity index (χ0n) is 43.9. The molecule has 0 bridgehead atoms. The molecule has 0 fully saturated rings. The lowest BCUT2D eigenvalue weighted by molar-refractivity contribution is -0.166. The first-order chi connectivity index (χ1) is 33.0. The number of hydrogen-bond acceptors (Lipinski definition) is 6. The molecule has 0 aliphatic heterocycles. The number of rotatable bonds is 50. The Balaban J connectivity index is 4.46. The predicted molar refractivity (Wildman–Crippen MR) is 288 cm³/mol. The smallest absolute Gasteiger partial charge is 0.310 e. The highest BCUT2D eigenvalue weighted by molar-refractivity contribution is 5.72. The highest BCUT2D eigenvalue weighted by Crippen LogP contribution is 2.16. The quantitative estimate of drug-likeness (QED) is 0.0262. The molecule has 0 rings (SSSR count). The second-order valence-corrected chi connectivity index (χ2v) is 18.5. The normalized spacial score (nSPS) is 12.7. The monoisotopic (exact) mass is 933 g/mol. The van der Waals surface area contributed by atoms with E-state index in [1.165, 1.54) is 128 Å². The number of hydrogen-bond donors (Lipinski definition) is 0. The van der Waals surface area contributed by atoms with E-state index < -0.39 is 12.1 Å². The van der Waals surface area contributed by atoms with Crippen LogP contribution >= 0.6 is 0 Å². The second-order valence-electron chi connectivity index (χ2n) is 18.5. The van der Waals surface area contributed by atoms with E-state index in [9.17, 15) is 14.4 Å². The minimum atomic E-state index is -0.835. The lowest BCUT2D eigenvalue weighted by Crippen LogP contribution is -2.30. The predicted octanol–water partition coefficient (Wildman–Crippen LogP) is 18.8. The van der Waals surface area contributed by atoms with Gasteiger partial charge in [0.1, 0.15) is 13.2 Å². The van der Waals surface area contributed by atoms with Gasteiger partial charge in [-0.15, -0.1) is 0 Å². The molecule has 0 amide bonds. The van der Waals surface area contributed by atoms with Crippen molar-refractivity contribution in [1.82, 2.24) is 0 Å². The summed E-state index contributed by atoms with van der Waals surface area (Å²) in [4.78, 5) is 38.0. The average Bonchev–Trinajstić information content (AvgIpc) is 3.33. The largest absolute Gasteiger partial charge is 0.462 e. The summed E-state index contributed by atoms with van der Waals surface area (Å²) < 4.78 is 16.7. The Hall–Kier alpha value is -3.41. The zero-order valence-corrected chi connectivity index (χ0v) is 43.9. The standard InChI is InChI=1S/C61H104O6/c1-4-7-10-13-16-19-22-25-28-29-30-31-34-36-39-42-45-48-51-54-60(63)66-57-58(67-61(64)55-52-49-46-43-40-37-33-27-24-21-18-15-12-9-6-3)56-65-59(62)53-50-47-44-41-38-35-32-26-23-20-17-14-11-8-5-2/h9,12,17-18,20-21,26-27,32-33,40,43,49,52,58H,4-8,10-11,13-16,19,22-25,28-31,34-39,41-42,44-48,50-51,53-57H2,1-3H3/b12-9-,20-17-,21-18-,32-26-,33-27-,43-40-,52-49-. The van der Waals surface area contributed by atoms with Gasteiger partial charge in [0.15, 0.2) is 6.10 Å². The summed E-state index contributed by atoms with van der Waals surface area (Å²) >= 11 is 0. The molecule has 0 N–H and O–H groups in total. The minimum absolute atomic E-state index is 0.0945. The van der Waals surface area contributed by atoms with Gasteiger partial charge in [-0.05, 0) is 77.0 Å². The SMILES string of the molecule is CC/C=C\C/C=C\C/C=C\C/C=C\C/C=C\CC(=O)OC(COC(=O)CCCCCCC/C=C\C/C=C\CCCCC)COC(=O)CCCCCCCCCCCCCCCCCCCCC. The Kier molecular flexibility index (Phi) is 52.4. The summed E-state index contributed by atoms with van der Waals surface area (Å²) in [5.41, 5.74) is 0. The number of ether oxygens (including phenoxy) is 3. The molecule has 0 aromatic rings. The van der Waals surface area contributed by atoms with Gasteiger partial charge in [0, 0.05) is 12.8 Å². The van der Waals surface area contributed by atoms with Crippen LogP contribution in [0.25, 0.3) is 0 Å². The molecule has 0 aliphatic rings. The van der Waals surface area contributed by atoms with Gasteiger partial charge in [0.2, 0.25) is 0 Å². The van der Waals surface area contributed by atoms with Gasteiger partial charge in [-0.1, -0.05) is 254 Å². The van der Waals surface area contributed by atoms with Gasteiger partial charge in [0.05, 0.1) is 6.42 Å². The van der Waals surface area contributed by atoms with E-state index in [-0.39, 0.29) is 31.6 Å². The van der Waals surface area contributed by atoms with E-state index in [0.29, 0.717) is 12.8 Å².